The van der Waals surface area contributed by atoms with Crippen LogP contribution in [0.4, 0.5) is 5.69 Å². The predicted octanol–water partition coefficient (Wildman–Crippen LogP) is 0.766. The number of amides is 1. The van der Waals surface area contributed by atoms with Gasteiger partial charge in [-0.25, -0.2) is 0 Å². The van der Waals surface area contributed by atoms with Gasteiger partial charge in [0, 0.05) is 13.1 Å². The summed E-state index contributed by atoms with van der Waals surface area (Å²) < 4.78 is 1.54. The number of nitrogen functional groups attached to an aromatic ring is 1. The Bertz CT molecular complexity index is 412. The lowest BCUT2D eigenvalue weighted by molar-refractivity contribution is 0.0467. The van der Waals surface area contributed by atoms with Gasteiger partial charge in [0.2, 0.25) is 0 Å². The zero-order chi connectivity index (χ0) is 13.8. The number of nitrogens with zero attached hydrogens (tertiary/aromatic N) is 2. The number of aromatic nitrogens is 2. The largest absolute Gasteiger partial charge is 0.396 e. The zero-order valence-electron chi connectivity index (χ0n) is 11.2. The van der Waals surface area contributed by atoms with E-state index in [9.17, 15) is 9.90 Å². The average Bonchev–Trinajstić information content (AvgIpc) is 2.67. The molecule has 1 amide bonds. The van der Waals surface area contributed by atoms with E-state index >= 15 is 0 Å². The lowest BCUT2D eigenvalue weighted by atomic mass is 10.0. The molecule has 0 aliphatic carbocycles. The first-order valence-corrected chi connectivity index (χ1v) is 6.23. The van der Waals surface area contributed by atoms with Crippen molar-refractivity contribution < 1.29 is 9.90 Å². The Labute approximate surface area is 107 Å². The second-order valence-electron chi connectivity index (χ2n) is 4.69. The van der Waals surface area contributed by atoms with Gasteiger partial charge in [0.25, 0.3) is 5.91 Å². The summed E-state index contributed by atoms with van der Waals surface area (Å²) in [5.74, 6) is -0.303. The smallest absolute Gasteiger partial charge is 0.271 e. The van der Waals surface area contributed by atoms with Crippen molar-refractivity contribution in [2.24, 2.45) is 0 Å². The van der Waals surface area contributed by atoms with Gasteiger partial charge in [-0.05, 0) is 20.3 Å². The molecule has 1 atom stereocenters. The van der Waals surface area contributed by atoms with Gasteiger partial charge < -0.3 is 16.2 Å². The van der Waals surface area contributed by atoms with Gasteiger partial charge >= 0.3 is 0 Å². The average molecular weight is 254 g/mol. The summed E-state index contributed by atoms with van der Waals surface area (Å²) >= 11 is 0. The van der Waals surface area contributed by atoms with Crippen molar-refractivity contribution in [3.05, 3.63) is 11.9 Å². The van der Waals surface area contributed by atoms with E-state index in [1.54, 1.807) is 11.6 Å². The number of aryl methyl sites for hydroxylation is 1. The molecule has 0 fully saturated rings. The number of carbonyl (C=O) groups excluding carboxylic acids is 1. The van der Waals surface area contributed by atoms with E-state index in [1.807, 2.05) is 13.8 Å². The third kappa shape index (κ3) is 3.46. The molecule has 0 aromatic carbocycles. The Morgan fingerprint density at radius 3 is 2.83 bits per heavy atom. The van der Waals surface area contributed by atoms with Crippen LogP contribution in [0.3, 0.4) is 0 Å². The summed E-state index contributed by atoms with van der Waals surface area (Å²) in [6.07, 6.45) is 2.95. The van der Waals surface area contributed by atoms with Crippen molar-refractivity contribution in [3.63, 3.8) is 0 Å². The number of nitrogens with two attached hydrogens (primary N) is 1. The Morgan fingerprint density at radius 1 is 1.61 bits per heavy atom. The highest BCUT2D eigenvalue weighted by molar-refractivity contribution is 5.97. The molecule has 0 saturated carbocycles. The van der Waals surface area contributed by atoms with E-state index in [2.05, 4.69) is 10.4 Å². The van der Waals surface area contributed by atoms with Crippen LogP contribution in [0.5, 0.6) is 0 Å². The topological polar surface area (TPSA) is 93.2 Å². The van der Waals surface area contributed by atoms with Crippen molar-refractivity contribution in [2.45, 2.75) is 45.8 Å². The highest BCUT2D eigenvalue weighted by Gasteiger charge is 2.22. The fraction of sp³-hybridized carbons (Fsp3) is 0.667. The molecule has 6 nitrogen and oxygen atoms in total. The Balaban J connectivity index is 2.68. The van der Waals surface area contributed by atoms with Gasteiger partial charge in [-0.15, -0.1) is 0 Å². The molecule has 1 unspecified atom stereocenters. The Morgan fingerprint density at radius 2 is 2.28 bits per heavy atom. The molecule has 1 rings (SSSR count). The second kappa shape index (κ2) is 5.86. The molecule has 0 bridgehead atoms. The summed E-state index contributed by atoms with van der Waals surface area (Å²) in [7, 11) is 0. The number of carbonyl (C=O) groups is 1. The molecule has 0 radical (unpaired) electrons. The molecule has 4 N–H and O–H groups in total. The summed E-state index contributed by atoms with van der Waals surface area (Å²) in [6.45, 7) is 6.35. The third-order valence-corrected chi connectivity index (χ3v) is 2.80. The van der Waals surface area contributed by atoms with E-state index in [-0.39, 0.29) is 12.5 Å². The fourth-order valence-electron chi connectivity index (χ4n) is 1.87. The standard InChI is InChI=1S/C12H22N4O2/c1-4-6-12(3,18)8-14-11(17)10-9(13)7-15-16(10)5-2/h7,18H,4-6,8,13H2,1-3H3,(H,14,17). The van der Waals surface area contributed by atoms with Crippen LogP contribution in [0.15, 0.2) is 6.20 Å². The first-order valence-electron chi connectivity index (χ1n) is 6.23. The molecule has 0 saturated heterocycles. The van der Waals surface area contributed by atoms with Crippen LogP contribution >= 0.6 is 0 Å². The predicted molar refractivity (Wildman–Crippen MR) is 70.2 cm³/mol. The van der Waals surface area contributed by atoms with Crippen LogP contribution < -0.4 is 11.1 Å². The molecule has 0 aliphatic rings. The summed E-state index contributed by atoms with van der Waals surface area (Å²) in [5, 5.41) is 16.7. The highest BCUT2D eigenvalue weighted by atomic mass is 16.3. The lowest BCUT2D eigenvalue weighted by Gasteiger charge is -2.23. The van der Waals surface area contributed by atoms with Crippen molar-refractivity contribution in [2.75, 3.05) is 12.3 Å². The van der Waals surface area contributed by atoms with Gasteiger partial charge in [-0.1, -0.05) is 13.3 Å². The number of hydrogen-bond donors (Lipinski definition) is 3. The van der Waals surface area contributed by atoms with Gasteiger partial charge in [-0.3, -0.25) is 9.48 Å². The Kier molecular flexibility index (Phi) is 4.72. The van der Waals surface area contributed by atoms with Gasteiger partial charge in [0.05, 0.1) is 17.5 Å². The zero-order valence-corrected chi connectivity index (χ0v) is 11.2. The minimum absolute atomic E-state index is 0.202. The quantitative estimate of drug-likeness (QED) is 0.699. The molecule has 1 heterocycles. The van der Waals surface area contributed by atoms with E-state index < -0.39 is 5.60 Å². The van der Waals surface area contributed by atoms with Crippen molar-refractivity contribution >= 4 is 11.6 Å². The summed E-state index contributed by atoms with van der Waals surface area (Å²) in [5.41, 5.74) is 5.52. The minimum Gasteiger partial charge on any atom is -0.396 e. The molecule has 6 heteroatoms. The molecular formula is C12H22N4O2. The maximum absolute atomic E-state index is 12.0. The highest BCUT2D eigenvalue weighted by Crippen LogP contribution is 2.13. The van der Waals surface area contributed by atoms with Crippen molar-refractivity contribution in [3.8, 4) is 0 Å². The Hall–Kier alpha value is -1.56. The molecule has 0 aliphatic heterocycles. The lowest BCUT2D eigenvalue weighted by Crippen LogP contribution is -2.41. The maximum Gasteiger partial charge on any atom is 0.271 e. The molecule has 102 valence electrons. The number of rotatable bonds is 6. The van der Waals surface area contributed by atoms with Crippen LogP contribution in [-0.4, -0.2) is 32.9 Å². The van der Waals surface area contributed by atoms with Gasteiger partial charge in [-0.2, -0.15) is 5.10 Å². The van der Waals surface area contributed by atoms with E-state index in [1.165, 1.54) is 6.20 Å². The van der Waals surface area contributed by atoms with E-state index in [0.717, 1.165) is 6.42 Å². The monoisotopic (exact) mass is 254 g/mol. The van der Waals surface area contributed by atoms with Crippen molar-refractivity contribution in [1.82, 2.24) is 15.1 Å². The number of aliphatic hydroxyl groups is 1. The SMILES string of the molecule is CCCC(C)(O)CNC(=O)c1c(N)cnn1CC. The minimum atomic E-state index is -0.893. The van der Waals surface area contributed by atoms with Crippen molar-refractivity contribution in [1.29, 1.82) is 0 Å². The van der Waals surface area contributed by atoms with Crippen LogP contribution in [-0.2, 0) is 6.54 Å². The van der Waals surface area contributed by atoms with Crippen LogP contribution in [0.25, 0.3) is 0 Å². The first-order chi connectivity index (χ1) is 8.41. The third-order valence-electron chi connectivity index (χ3n) is 2.80. The molecule has 0 spiro atoms. The number of nitrogens with one attached hydrogen (secondary N) is 1. The molecule has 18 heavy (non-hydrogen) atoms. The number of anilines is 1. The fourth-order valence-corrected chi connectivity index (χ4v) is 1.87. The van der Waals surface area contributed by atoms with Crippen LogP contribution in [0.2, 0.25) is 0 Å². The first kappa shape index (κ1) is 14.5. The summed E-state index contributed by atoms with van der Waals surface area (Å²) in [4.78, 5) is 12.0. The van der Waals surface area contributed by atoms with E-state index in [0.29, 0.717) is 24.3 Å². The second-order valence-corrected chi connectivity index (χ2v) is 4.69. The normalized spacial score (nSPS) is 14.2. The van der Waals surface area contributed by atoms with E-state index in [4.69, 9.17) is 5.73 Å². The van der Waals surface area contributed by atoms with Gasteiger partial charge in [0.1, 0.15) is 5.69 Å². The van der Waals surface area contributed by atoms with Crippen LogP contribution in [0.1, 0.15) is 44.1 Å². The summed E-state index contributed by atoms with van der Waals surface area (Å²) in [6, 6.07) is 0. The number of hydrogen-bond acceptors (Lipinski definition) is 4. The molecular weight excluding hydrogens is 232 g/mol. The van der Waals surface area contributed by atoms with Crippen LogP contribution in [0, 0.1) is 0 Å². The molecule has 1 aromatic heterocycles. The molecule has 1 aromatic rings. The maximum atomic E-state index is 12.0. The van der Waals surface area contributed by atoms with Gasteiger partial charge in [0.15, 0.2) is 0 Å².